The molecule has 1 aromatic carbocycles. The van der Waals surface area contributed by atoms with Crippen molar-refractivity contribution < 1.29 is 28.8 Å². The monoisotopic (exact) mass is 554 g/mol. The average Bonchev–Trinajstić information content (AvgIpc) is 3.21. The molecule has 10 nitrogen and oxygen atoms in total. The Morgan fingerprint density at radius 3 is 2.17 bits per heavy atom. The van der Waals surface area contributed by atoms with Crippen LogP contribution in [-0.2, 0) is 30.4 Å². The van der Waals surface area contributed by atoms with E-state index in [-0.39, 0.29) is 54.6 Å². The number of carbonyl (C=O) groups is 6. The van der Waals surface area contributed by atoms with E-state index in [2.05, 4.69) is 10.6 Å². The van der Waals surface area contributed by atoms with E-state index in [0.717, 1.165) is 11.1 Å². The summed E-state index contributed by atoms with van der Waals surface area (Å²) < 4.78 is 0. The number of unbranched alkanes of at least 4 members (excludes halogenated alkanes) is 2. The molecule has 1 aliphatic rings. The van der Waals surface area contributed by atoms with Crippen LogP contribution in [0.15, 0.2) is 36.4 Å². The first-order chi connectivity index (χ1) is 19.0. The van der Waals surface area contributed by atoms with Crippen molar-refractivity contribution in [1.82, 2.24) is 15.5 Å². The van der Waals surface area contributed by atoms with Gasteiger partial charge in [0.1, 0.15) is 5.78 Å². The molecule has 0 fully saturated rings. The van der Waals surface area contributed by atoms with Crippen LogP contribution in [0.2, 0.25) is 0 Å². The van der Waals surface area contributed by atoms with Crippen molar-refractivity contribution >= 4 is 35.3 Å². The van der Waals surface area contributed by atoms with Crippen LogP contribution >= 0.6 is 0 Å². The smallest absolute Gasteiger partial charge is 0.312 e. The maximum atomic E-state index is 13.3. The number of urea groups is 1. The summed E-state index contributed by atoms with van der Waals surface area (Å²) >= 11 is 0. The summed E-state index contributed by atoms with van der Waals surface area (Å²) in [4.78, 5) is 74.6. The van der Waals surface area contributed by atoms with Gasteiger partial charge in [0.2, 0.25) is 5.91 Å². The highest BCUT2D eigenvalue weighted by atomic mass is 16.2. The van der Waals surface area contributed by atoms with Crippen LogP contribution in [-0.4, -0.2) is 59.4 Å². The Labute approximate surface area is 236 Å². The standard InChI is InChI=1S/C30H42N4O6/c1-20(2)24(19-23(35)8-5-4-6-17-34-27(37)14-15-28(34)38)29(39)33-25(9-7-16-32-30(31)40)26(36)18-22-12-10-21(3)11-13-22/h10-15,20,24-25H,4-9,16-19H2,1-3H3,(H,33,39)(H3,31,32,40)/t24-,25-/m0/s1. The highest BCUT2D eigenvalue weighted by Crippen LogP contribution is 2.19. The van der Waals surface area contributed by atoms with Crippen molar-refractivity contribution in [2.45, 2.75) is 78.2 Å². The lowest BCUT2D eigenvalue weighted by Crippen LogP contribution is -2.46. The lowest BCUT2D eigenvalue weighted by molar-refractivity contribution is -0.137. The Morgan fingerprint density at radius 1 is 0.925 bits per heavy atom. The summed E-state index contributed by atoms with van der Waals surface area (Å²) in [5.74, 6) is -1.86. The zero-order chi connectivity index (χ0) is 29.7. The van der Waals surface area contributed by atoms with Gasteiger partial charge in [-0.2, -0.15) is 0 Å². The van der Waals surface area contributed by atoms with Crippen LogP contribution in [0.5, 0.6) is 0 Å². The van der Waals surface area contributed by atoms with Gasteiger partial charge < -0.3 is 16.4 Å². The summed E-state index contributed by atoms with van der Waals surface area (Å²) in [7, 11) is 0. The second-order valence-corrected chi connectivity index (χ2v) is 10.7. The molecule has 218 valence electrons. The van der Waals surface area contributed by atoms with E-state index in [9.17, 15) is 28.8 Å². The largest absolute Gasteiger partial charge is 0.352 e. The number of ketones is 2. The zero-order valence-electron chi connectivity index (χ0n) is 23.7. The predicted molar refractivity (Wildman–Crippen MR) is 151 cm³/mol. The van der Waals surface area contributed by atoms with Gasteiger partial charge in [0.05, 0.1) is 6.04 Å². The number of carbonyl (C=O) groups excluding carboxylic acids is 6. The topological polar surface area (TPSA) is 156 Å². The fourth-order valence-electron chi connectivity index (χ4n) is 4.54. The van der Waals surface area contributed by atoms with Crippen LogP contribution in [0.25, 0.3) is 0 Å². The summed E-state index contributed by atoms with van der Waals surface area (Å²) in [5.41, 5.74) is 7.05. The molecule has 10 heteroatoms. The summed E-state index contributed by atoms with van der Waals surface area (Å²) in [6.45, 7) is 6.31. The molecule has 0 bridgehead atoms. The average molecular weight is 555 g/mol. The van der Waals surface area contributed by atoms with Crippen molar-refractivity contribution in [2.75, 3.05) is 13.1 Å². The minimum absolute atomic E-state index is 0.0444. The third-order valence-corrected chi connectivity index (χ3v) is 7.00. The molecule has 0 unspecified atom stereocenters. The summed E-state index contributed by atoms with van der Waals surface area (Å²) in [6.07, 6.45) is 5.68. The number of aryl methyl sites for hydroxylation is 1. The Hall–Kier alpha value is -3.82. The highest BCUT2D eigenvalue weighted by Gasteiger charge is 2.29. The number of nitrogens with one attached hydrogen (secondary N) is 2. The molecule has 0 saturated carbocycles. The Kier molecular flexibility index (Phi) is 13.2. The van der Waals surface area contributed by atoms with E-state index < -0.39 is 18.0 Å². The summed E-state index contributed by atoms with van der Waals surface area (Å²) in [5, 5.41) is 5.38. The van der Waals surface area contributed by atoms with Gasteiger partial charge in [-0.3, -0.25) is 28.9 Å². The van der Waals surface area contributed by atoms with Gasteiger partial charge in [-0.1, -0.05) is 50.1 Å². The molecule has 40 heavy (non-hydrogen) atoms. The van der Waals surface area contributed by atoms with Crippen molar-refractivity contribution in [3.05, 3.63) is 47.5 Å². The number of amides is 5. The van der Waals surface area contributed by atoms with E-state index in [1.54, 1.807) is 0 Å². The number of rotatable bonds is 18. The van der Waals surface area contributed by atoms with Crippen LogP contribution in [0.4, 0.5) is 4.79 Å². The SMILES string of the molecule is Cc1ccc(CC(=O)[C@H](CCCNC(N)=O)NC(=O)[C@@H](CC(=O)CCCCCN2C(=O)C=CC2=O)C(C)C)cc1. The number of nitrogens with zero attached hydrogens (tertiary/aromatic N) is 1. The molecule has 1 heterocycles. The molecule has 0 aromatic heterocycles. The van der Waals surface area contributed by atoms with Gasteiger partial charge in [0.25, 0.3) is 11.8 Å². The molecule has 1 aliphatic heterocycles. The molecule has 4 N–H and O–H groups in total. The Balaban J connectivity index is 1.90. The zero-order valence-corrected chi connectivity index (χ0v) is 23.7. The first-order valence-electron chi connectivity index (χ1n) is 13.9. The van der Waals surface area contributed by atoms with Gasteiger partial charge in [0, 0.05) is 50.4 Å². The molecule has 2 rings (SSSR count). The van der Waals surface area contributed by atoms with Crippen LogP contribution < -0.4 is 16.4 Å². The van der Waals surface area contributed by atoms with E-state index in [1.165, 1.54) is 17.1 Å². The van der Waals surface area contributed by atoms with Crippen molar-refractivity contribution in [1.29, 1.82) is 0 Å². The number of benzene rings is 1. The van der Waals surface area contributed by atoms with Crippen LogP contribution in [0, 0.1) is 18.8 Å². The predicted octanol–water partition coefficient (Wildman–Crippen LogP) is 2.76. The maximum Gasteiger partial charge on any atom is 0.312 e. The van der Waals surface area contributed by atoms with Gasteiger partial charge in [-0.15, -0.1) is 0 Å². The molecule has 5 amide bonds. The van der Waals surface area contributed by atoms with Gasteiger partial charge in [0.15, 0.2) is 5.78 Å². The second-order valence-electron chi connectivity index (χ2n) is 10.7. The minimum atomic E-state index is -0.759. The number of hydrogen-bond acceptors (Lipinski definition) is 6. The number of hydrogen-bond donors (Lipinski definition) is 3. The third-order valence-electron chi connectivity index (χ3n) is 7.00. The molecule has 0 spiro atoms. The molecule has 0 radical (unpaired) electrons. The van der Waals surface area contributed by atoms with E-state index in [1.807, 2.05) is 45.0 Å². The van der Waals surface area contributed by atoms with Crippen LogP contribution in [0.1, 0.15) is 69.9 Å². The molecular formula is C30H42N4O6. The minimum Gasteiger partial charge on any atom is -0.352 e. The first-order valence-corrected chi connectivity index (χ1v) is 13.9. The fourth-order valence-corrected chi connectivity index (χ4v) is 4.54. The maximum absolute atomic E-state index is 13.3. The van der Waals surface area contributed by atoms with Gasteiger partial charge in [-0.25, -0.2) is 4.79 Å². The fraction of sp³-hybridized carbons (Fsp3) is 0.533. The highest BCUT2D eigenvalue weighted by molar-refractivity contribution is 6.12. The van der Waals surface area contributed by atoms with E-state index in [0.29, 0.717) is 45.1 Å². The van der Waals surface area contributed by atoms with E-state index in [4.69, 9.17) is 5.73 Å². The molecular weight excluding hydrogens is 512 g/mol. The quantitative estimate of drug-likeness (QED) is 0.187. The molecule has 0 aliphatic carbocycles. The van der Waals surface area contributed by atoms with Crippen molar-refractivity contribution in [3.8, 4) is 0 Å². The second kappa shape index (κ2) is 16.3. The number of Topliss-reactive ketones (excluding diaryl/α,β-unsaturated/α-hetero) is 2. The Bertz CT molecular complexity index is 1080. The van der Waals surface area contributed by atoms with Gasteiger partial charge >= 0.3 is 6.03 Å². The lowest BCUT2D eigenvalue weighted by atomic mass is 9.88. The van der Waals surface area contributed by atoms with Crippen molar-refractivity contribution in [3.63, 3.8) is 0 Å². The van der Waals surface area contributed by atoms with E-state index >= 15 is 0 Å². The molecule has 0 saturated heterocycles. The molecule has 2 atom stereocenters. The van der Waals surface area contributed by atoms with Gasteiger partial charge in [-0.05, 0) is 44.1 Å². The normalized spacial score (nSPS) is 14.3. The third kappa shape index (κ3) is 11.1. The lowest BCUT2D eigenvalue weighted by Gasteiger charge is -2.24. The Morgan fingerprint density at radius 2 is 1.57 bits per heavy atom. The summed E-state index contributed by atoms with van der Waals surface area (Å²) in [6, 6.07) is 6.21. The molecule has 1 aromatic rings. The number of primary amides is 1. The first kappa shape index (κ1) is 32.4. The number of imide groups is 1. The van der Waals surface area contributed by atoms with Crippen LogP contribution in [0.3, 0.4) is 0 Å². The van der Waals surface area contributed by atoms with Crippen molar-refractivity contribution in [2.24, 2.45) is 17.6 Å². The number of nitrogens with two attached hydrogens (primary N) is 1.